The van der Waals surface area contributed by atoms with E-state index in [2.05, 4.69) is 10.3 Å². The van der Waals surface area contributed by atoms with Crippen molar-refractivity contribution >= 4 is 33.4 Å². The Balaban J connectivity index is 1.82. The van der Waals surface area contributed by atoms with Crippen LogP contribution in [-0.2, 0) is 21.3 Å². The number of hydrogen-bond donors (Lipinski definition) is 1. The molecule has 136 valence electrons. The number of thiophene rings is 1. The molecule has 0 aromatic carbocycles. The molecule has 3 rings (SSSR count). The Bertz CT molecular complexity index is 904. The molecule has 3 heterocycles. The number of carbonyl (C=O) groups excluding carboxylic acids is 2. The maximum Gasteiger partial charge on any atom is 0.356 e. The van der Waals surface area contributed by atoms with Crippen molar-refractivity contribution in [1.29, 1.82) is 0 Å². The third-order valence-electron chi connectivity index (χ3n) is 3.95. The number of hydrogen-bond acceptors (Lipinski definition) is 6. The Morgan fingerprint density at radius 3 is 2.77 bits per heavy atom. The molecule has 3 aromatic heterocycles. The SMILES string of the molecule is COCCNC(=O)C(OC(=O)c1cc2sccc2n1C)c1ccncc1. The molecule has 1 atom stereocenters. The van der Waals surface area contributed by atoms with Crippen LogP contribution < -0.4 is 5.32 Å². The Kier molecular flexibility index (Phi) is 5.65. The highest BCUT2D eigenvalue weighted by molar-refractivity contribution is 7.17. The Morgan fingerprint density at radius 2 is 2.08 bits per heavy atom. The minimum Gasteiger partial charge on any atom is -0.443 e. The largest absolute Gasteiger partial charge is 0.443 e. The normalized spacial score (nSPS) is 12.1. The van der Waals surface area contributed by atoms with Crippen molar-refractivity contribution in [2.75, 3.05) is 20.3 Å². The second-order valence-corrected chi connectivity index (χ2v) is 6.56. The number of nitrogens with one attached hydrogen (secondary N) is 1. The predicted octanol–water partition coefficient (Wildman–Crippen LogP) is 2.30. The zero-order valence-electron chi connectivity index (χ0n) is 14.5. The fourth-order valence-corrected chi connectivity index (χ4v) is 3.44. The average molecular weight is 373 g/mol. The standard InChI is InChI=1S/C18H19N3O4S/c1-21-13-5-10-26-15(13)11-14(21)18(23)25-16(12-3-6-19-7-4-12)17(22)20-8-9-24-2/h3-7,10-11,16H,8-9H2,1-2H3,(H,20,22). The molecule has 0 aliphatic carbocycles. The van der Waals surface area contributed by atoms with Gasteiger partial charge in [-0.2, -0.15) is 0 Å². The van der Waals surface area contributed by atoms with Gasteiger partial charge in [-0.1, -0.05) is 0 Å². The molecule has 0 aliphatic rings. The lowest BCUT2D eigenvalue weighted by atomic mass is 10.1. The molecule has 0 saturated carbocycles. The topological polar surface area (TPSA) is 82.5 Å². The van der Waals surface area contributed by atoms with Crippen LogP contribution >= 0.6 is 11.3 Å². The summed E-state index contributed by atoms with van der Waals surface area (Å²) < 4.78 is 13.2. The highest BCUT2D eigenvalue weighted by Gasteiger charge is 2.27. The second kappa shape index (κ2) is 8.11. The van der Waals surface area contributed by atoms with Crippen molar-refractivity contribution < 1.29 is 19.1 Å². The van der Waals surface area contributed by atoms with Crippen molar-refractivity contribution in [2.24, 2.45) is 7.05 Å². The summed E-state index contributed by atoms with van der Waals surface area (Å²) in [5, 5.41) is 4.67. The van der Waals surface area contributed by atoms with Crippen LogP contribution in [0.15, 0.2) is 42.0 Å². The summed E-state index contributed by atoms with van der Waals surface area (Å²) in [4.78, 5) is 29.2. The van der Waals surface area contributed by atoms with Gasteiger partial charge < -0.3 is 19.4 Å². The van der Waals surface area contributed by atoms with Gasteiger partial charge in [-0.05, 0) is 29.6 Å². The quantitative estimate of drug-likeness (QED) is 0.508. The number of nitrogens with zero attached hydrogens (tertiary/aromatic N) is 2. The van der Waals surface area contributed by atoms with E-state index in [4.69, 9.17) is 9.47 Å². The smallest absolute Gasteiger partial charge is 0.356 e. The van der Waals surface area contributed by atoms with Crippen LogP contribution in [0.3, 0.4) is 0 Å². The number of esters is 1. The number of rotatable bonds is 7. The van der Waals surface area contributed by atoms with E-state index in [0.717, 1.165) is 10.2 Å². The van der Waals surface area contributed by atoms with Crippen molar-refractivity contribution in [2.45, 2.75) is 6.10 Å². The highest BCUT2D eigenvalue weighted by atomic mass is 32.1. The highest BCUT2D eigenvalue weighted by Crippen LogP contribution is 2.26. The monoisotopic (exact) mass is 373 g/mol. The zero-order valence-corrected chi connectivity index (χ0v) is 15.3. The first-order chi connectivity index (χ1) is 12.6. The molecule has 0 saturated heterocycles. The molecule has 1 unspecified atom stereocenters. The van der Waals surface area contributed by atoms with E-state index in [1.165, 1.54) is 0 Å². The third-order valence-corrected chi connectivity index (χ3v) is 4.80. The molecular weight excluding hydrogens is 354 g/mol. The molecule has 1 N–H and O–H groups in total. The van der Waals surface area contributed by atoms with Gasteiger partial charge in [0.15, 0.2) is 0 Å². The Morgan fingerprint density at radius 1 is 1.31 bits per heavy atom. The predicted molar refractivity (Wildman–Crippen MR) is 98.1 cm³/mol. The van der Waals surface area contributed by atoms with Gasteiger partial charge in [0.05, 0.1) is 16.8 Å². The molecule has 0 radical (unpaired) electrons. The lowest BCUT2D eigenvalue weighted by molar-refractivity contribution is -0.130. The summed E-state index contributed by atoms with van der Waals surface area (Å²) in [7, 11) is 3.35. The van der Waals surface area contributed by atoms with Crippen LogP contribution in [0.4, 0.5) is 0 Å². The summed E-state index contributed by atoms with van der Waals surface area (Å²) in [6.07, 6.45) is 2.05. The maximum atomic E-state index is 12.7. The number of aryl methyl sites for hydroxylation is 1. The first-order valence-corrected chi connectivity index (χ1v) is 8.90. The van der Waals surface area contributed by atoms with Crippen molar-refractivity contribution in [1.82, 2.24) is 14.9 Å². The lowest BCUT2D eigenvalue weighted by Crippen LogP contribution is -2.34. The van der Waals surface area contributed by atoms with Gasteiger partial charge in [0.25, 0.3) is 5.91 Å². The first kappa shape index (κ1) is 18.1. The summed E-state index contributed by atoms with van der Waals surface area (Å²) in [5.41, 5.74) is 1.90. The summed E-state index contributed by atoms with van der Waals surface area (Å²) >= 11 is 1.54. The van der Waals surface area contributed by atoms with Gasteiger partial charge in [0.2, 0.25) is 6.10 Å². The zero-order chi connectivity index (χ0) is 18.5. The molecule has 1 amide bonds. The number of aromatic nitrogens is 2. The minimum absolute atomic E-state index is 0.328. The van der Waals surface area contributed by atoms with Crippen LogP contribution in [0.2, 0.25) is 0 Å². The number of amides is 1. The lowest BCUT2D eigenvalue weighted by Gasteiger charge is -2.18. The first-order valence-electron chi connectivity index (χ1n) is 8.02. The van der Waals surface area contributed by atoms with Gasteiger partial charge in [0.1, 0.15) is 5.69 Å². The van der Waals surface area contributed by atoms with Crippen molar-refractivity contribution in [3.05, 3.63) is 53.3 Å². The van der Waals surface area contributed by atoms with Crippen molar-refractivity contribution in [3.8, 4) is 0 Å². The fraction of sp³-hybridized carbons (Fsp3) is 0.278. The number of methoxy groups -OCH3 is 1. The molecular formula is C18H19N3O4S. The summed E-state index contributed by atoms with van der Waals surface area (Å²) in [5.74, 6) is -0.961. The van der Waals surface area contributed by atoms with Gasteiger partial charge in [-0.3, -0.25) is 9.78 Å². The second-order valence-electron chi connectivity index (χ2n) is 5.61. The van der Waals surface area contributed by atoms with E-state index in [1.54, 1.807) is 60.7 Å². The molecule has 0 bridgehead atoms. The molecule has 0 fully saturated rings. The van der Waals surface area contributed by atoms with Gasteiger partial charge in [-0.15, -0.1) is 11.3 Å². The molecule has 0 spiro atoms. The van der Waals surface area contributed by atoms with E-state index in [-0.39, 0.29) is 0 Å². The van der Waals surface area contributed by atoms with Crippen LogP contribution in [-0.4, -0.2) is 41.7 Å². The summed E-state index contributed by atoms with van der Waals surface area (Å²) in [6.45, 7) is 0.700. The van der Waals surface area contributed by atoms with E-state index in [0.29, 0.717) is 24.4 Å². The molecule has 0 aliphatic heterocycles. The molecule has 26 heavy (non-hydrogen) atoms. The summed E-state index contributed by atoms with van der Waals surface area (Å²) in [6, 6.07) is 7.01. The number of fused-ring (bicyclic) bond motifs is 1. The molecule has 3 aromatic rings. The van der Waals surface area contributed by atoms with E-state index in [9.17, 15) is 9.59 Å². The number of pyridine rings is 1. The van der Waals surface area contributed by atoms with Gasteiger partial charge >= 0.3 is 5.97 Å². The van der Waals surface area contributed by atoms with Crippen LogP contribution in [0.1, 0.15) is 22.2 Å². The Hall–Kier alpha value is -2.71. The molecule has 8 heteroatoms. The van der Waals surface area contributed by atoms with Crippen LogP contribution in [0, 0.1) is 0 Å². The van der Waals surface area contributed by atoms with Crippen molar-refractivity contribution in [3.63, 3.8) is 0 Å². The van der Waals surface area contributed by atoms with E-state index < -0.39 is 18.0 Å². The van der Waals surface area contributed by atoms with Gasteiger partial charge in [-0.25, -0.2) is 4.79 Å². The number of ether oxygens (including phenoxy) is 2. The Labute approximate surface area is 154 Å². The minimum atomic E-state index is -1.06. The third kappa shape index (κ3) is 3.76. The molecule has 7 nitrogen and oxygen atoms in total. The van der Waals surface area contributed by atoms with Crippen LogP contribution in [0.25, 0.3) is 10.2 Å². The average Bonchev–Trinajstić information content (AvgIpc) is 3.23. The number of carbonyl (C=O) groups is 2. The van der Waals surface area contributed by atoms with E-state index in [1.807, 2.05) is 11.4 Å². The fourth-order valence-electron chi connectivity index (χ4n) is 2.59. The van der Waals surface area contributed by atoms with Gasteiger partial charge in [0, 0.05) is 38.7 Å². The van der Waals surface area contributed by atoms with E-state index >= 15 is 0 Å². The van der Waals surface area contributed by atoms with Crippen LogP contribution in [0.5, 0.6) is 0 Å². The maximum absolute atomic E-state index is 12.7.